The molecule has 0 N–H and O–H groups in total. The van der Waals surface area contributed by atoms with Crippen molar-refractivity contribution in [2.45, 2.75) is 13.0 Å². The van der Waals surface area contributed by atoms with E-state index >= 15 is 0 Å². The van der Waals surface area contributed by atoms with Crippen LogP contribution in [0.4, 0.5) is 0 Å². The van der Waals surface area contributed by atoms with Gasteiger partial charge in [-0.2, -0.15) is 8.61 Å². The molecule has 0 spiro atoms. The quantitative estimate of drug-likeness (QED) is 0.629. The Morgan fingerprint density at radius 1 is 1.00 bits per heavy atom. The lowest BCUT2D eigenvalue weighted by Crippen LogP contribution is -2.54. The van der Waals surface area contributed by atoms with E-state index in [-0.39, 0.29) is 25.7 Å². The van der Waals surface area contributed by atoms with Gasteiger partial charge in [0.25, 0.3) is 0 Å². The highest BCUT2D eigenvalue weighted by molar-refractivity contribution is 7.88. The van der Waals surface area contributed by atoms with Crippen LogP contribution in [0.3, 0.4) is 0 Å². The van der Waals surface area contributed by atoms with Gasteiger partial charge in [-0.25, -0.2) is 16.8 Å². The number of piperazine rings is 1. The Hall–Kier alpha value is -0.180. The Kier molecular flexibility index (Phi) is 3.44. The fraction of sp³-hybridized carbons (Fsp3) is 1.00. The van der Waals surface area contributed by atoms with Gasteiger partial charge in [-0.05, 0) is 6.92 Å². The van der Waals surface area contributed by atoms with E-state index < -0.39 is 20.0 Å². The molecule has 1 atom stereocenters. The summed E-state index contributed by atoms with van der Waals surface area (Å²) in [5.41, 5.74) is 0. The van der Waals surface area contributed by atoms with Gasteiger partial charge in [-0.15, -0.1) is 0 Å². The van der Waals surface area contributed by atoms with Crippen LogP contribution in [-0.2, 0) is 20.0 Å². The average Bonchev–Trinajstić information content (AvgIpc) is 1.99. The molecule has 0 aromatic heterocycles. The van der Waals surface area contributed by atoms with Crippen LogP contribution in [-0.4, -0.2) is 63.6 Å². The smallest absolute Gasteiger partial charge is 0.211 e. The van der Waals surface area contributed by atoms with Gasteiger partial charge in [0.2, 0.25) is 20.0 Å². The molecule has 0 aromatic carbocycles. The molecule has 1 aliphatic rings. The summed E-state index contributed by atoms with van der Waals surface area (Å²) in [6.45, 7) is 2.40. The first-order valence-electron chi connectivity index (χ1n) is 4.54. The fourth-order valence-electron chi connectivity index (χ4n) is 1.70. The van der Waals surface area contributed by atoms with Crippen molar-refractivity contribution in [3.63, 3.8) is 0 Å². The van der Waals surface area contributed by atoms with Crippen molar-refractivity contribution in [3.8, 4) is 0 Å². The van der Waals surface area contributed by atoms with E-state index in [9.17, 15) is 16.8 Å². The van der Waals surface area contributed by atoms with Crippen LogP contribution in [0.25, 0.3) is 0 Å². The first kappa shape index (κ1) is 12.9. The number of rotatable bonds is 2. The molecule has 1 heterocycles. The molecule has 1 aliphatic heterocycles. The minimum absolute atomic E-state index is 0.228. The number of nitrogens with zero attached hydrogens (tertiary/aromatic N) is 2. The van der Waals surface area contributed by atoms with E-state index in [1.807, 2.05) is 0 Å². The molecule has 0 saturated carbocycles. The highest BCUT2D eigenvalue weighted by Gasteiger charge is 2.32. The molecule has 1 saturated heterocycles. The summed E-state index contributed by atoms with van der Waals surface area (Å²) < 4.78 is 47.7. The van der Waals surface area contributed by atoms with Gasteiger partial charge in [0, 0.05) is 25.7 Å². The summed E-state index contributed by atoms with van der Waals surface area (Å²) >= 11 is 0. The van der Waals surface area contributed by atoms with Crippen LogP contribution in [0.1, 0.15) is 6.92 Å². The molecule has 0 radical (unpaired) electrons. The Morgan fingerprint density at radius 2 is 1.53 bits per heavy atom. The molecule has 90 valence electrons. The van der Waals surface area contributed by atoms with Gasteiger partial charge in [0.05, 0.1) is 12.5 Å². The van der Waals surface area contributed by atoms with Crippen LogP contribution in [0.15, 0.2) is 0 Å². The summed E-state index contributed by atoms with van der Waals surface area (Å²) in [4.78, 5) is 0. The molecule has 6 nitrogen and oxygen atoms in total. The van der Waals surface area contributed by atoms with Crippen molar-refractivity contribution < 1.29 is 16.8 Å². The molecule has 8 heteroatoms. The maximum atomic E-state index is 11.3. The monoisotopic (exact) mass is 256 g/mol. The highest BCUT2D eigenvalue weighted by Crippen LogP contribution is 2.14. The minimum atomic E-state index is -3.23. The lowest BCUT2D eigenvalue weighted by molar-refractivity contribution is 0.214. The Morgan fingerprint density at radius 3 is 1.87 bits per heavy atom. The third-order valence-corrected chi connectivity index (χ3v) is 5.09. The molecule has 0 aliphatic carbocycles. The van der Waals surface area contributed by atoms with Gasteiger partial charge in [-0.1, -0.05) is 0 Å². The van der Waals surface area contributed by atoms with Crippen LogP contribution in [0.2, 0.25) is 0 Å². The lowest BCUT2D eigenvalue weighted by Gasteiger charge is -2.36. The molecule has 0 amide bonds. The molecule has 0 bridgehead atoms. The third kappa shape index (κ3) is 3.13. The molecular weight excluding hydrogens is 240 g/mol. The van der Waals surface area contributed by atoms with E-state index in [2.05, 4.69) is 0 Å². The summed E-state index contributed by atoms with van der Waals surface area (Å²) in [7, 11) is -6.45. The third-order valence-electron chi connectivity index (χ3n) is 2.42. The zero-order valence-corrected chi connectivity index (χ0v) is 10.7. The topological polar surface area (TPSA) is 74.8 Å². The summed E-state index contributed by atoms with van der Waals surface area (Å²) in [6.07, 6.45) is 2.27. The molecule has 0 aromatic rings. The van der Waals surface area contributed by atoms with Crippen molar-refractivity contribution in [2.75, 3.05) is 32.1 Å². The first-order chi connectivity index (χ1) is 6.62. The maximum absolute atomic E-state index is 11.3. The second-order valence-electron chi connectivity index (χ2n) is 3.84. The molecule has 1 fully saturated rings. The van der Waals surface area contributed by atoms with Crippen molar-refractivity contribution in [1.82, 2.24) is 8.61 Å². The van der Waals surface area contributed by atoms with E-state index in [1.165, 1.54) is 8.61 Å². The van der Waals surface area contributed by atoms with Crippen LogP contribution >= 0.6 is 0 Å². The Balaban J connectivity index is 2.81. The second kappa shape index (κ2) is 4.00. The van der Waals surface area contributed by atoms with E-state index in [1.54, 1.807) is 6.92 Å². The molecule has 1 rings (SSSR count). The number of hydrogen-bond donors (Lipinski definition) is 0. The normalized spacial score (nSPS) is 26.7. The summed E-state index contributed by atoms with van der Waals surface area (Å²) in [6, 6.07) is -0.302. The van der Waals surface area contributed by atoms with Crippen molar-refractivity contribution in [3.05, 3.63) is 0 Å². The highest BCUT2D eigenvalue weighted by atomic mass is 32.2. The second-order valence-corrected chi connectivity index (χ2v) is 7.76. The summed E-state index contributed by atoms with van der Waals surface area (Å²) in [5.74, 6) is 0. The van der Waals surface area contributed by atoms with Gasteiger partial charge in [-0.3, -0.25) is 0 Å². The van der Waals surface area contributed by atoms with E-state index in [0.717, 1.165) is 12.5 Å². The van der Waals surface area contributed by atoms with Crippen LogP contribution < -0.4 is 0 Å². The van der Waals surface area contributed by atoms with Crippen molar-refractivity contribution >= 4 is 20.0 Å². The maximum Gasteiger partial charge on any atom is 0.211 e. The predicted molar refractivity (Wildman–Crippen MR) is 57.4 cm³/mol. The van der Waals surface area contributed by atoms with E-state index in [4.69, 9.17) is 0 Å². The molecule has 0 unspecified atom stereocenters. The van der Waals surface area contributed by atoms with Gasteiger partial charge in [0.15, 0.2) is 0 Å². The Bertz CT molecular complexity index is 428. The van der Waals surface area contributed by atoms with Crippen LogP contribution in [0, 0.1) is 0 Å². The predicted octanol–water partition coefficient (Wildman–Crippen LogP) is -1.09. The number of sulfonamides is 2. The van der Waals surface area contributed by atoms with Crippen LogP contribution in [0.5, 0.6) is 0 Å². The van der Waals surface area contributed by atoms with Gasteiger partial charge < -0.3 is 0 Å². The zero-order chi connectivity index (χ0) is 11.9. The lowest BCUT2D eigenvalue weighted by atomic mass is 10.3. The van der Waals surface area contributed by atoms with Gasteiger partial charge >= 0.3 is 0 Å². The Labute approximate surface area is 91.0 Å². The fourth-order valence-corrected chi connectivity index (χ4v) is 3.73. The van der Waals surface area contributed by atoms with E-state index in [0.29, 0.717) is 0 Å². The van der Waals surface area contributed by atoms with Gasteiger partial charge in [0.1, 0.15) is 0 Å². The SMILES string of the molecule is C[C@@H]1CN(S(C)(=O)=O)CCN1S(C)(=O)=O. The molecule has 15 heavy (non-hydrogen) atoms. The van der Waals surface area contributed by atoms with Crippen molar-refractivity contribution in [1.29, 1.82) is 0 Å². The zero-order valence-electron chi connectivity index (χ0n) is 9.04. The standard InChI is InChI=1S/C7H16N2O4S2/c1-7-6-8(14(2,10)11)4-5-9(7)15(3,12)13/h7H,4-6H2,1-3H3/t7-/m1/s1. The molecular formula is C7H16N2O4S2. The average molecular weight is 256 g/mol. The number of hydrogen-bond acceptors (Lipinski definition) is 4. The first-order valence-corrected chi connectivity index (χ1v) is 8.24. The van der Waals surface area contributed by atoms with Crippen molar-refractivity contribution in [2.24, 2.45) is 0 Å². The summed E-state index contributed by atoms with van der Waals surface area (Å²) in [5, 5.41) is 0. The largest absolute Gasteiger partial charge is 0.213 e. The minimum Gasteiger partial charge on any atom is -0.213 e.